The van der Waals surface area contributed by atoms with Crippen molar-refractivity contribution in [3.63, 3.8) is 0 Å². The van der Waals surface area contributed by atoms with Crippen molar-refractivity contribution in [2.24, 2.45) is 5.73 Å². The molecule has 5 heteroatoms. The molecule has 1 aliphatic rings. The molecule has 0 radical (unpaired) electrons. The van der Waals surface area contributed by atoms with Crippen LogP contribution in [0.2, 0.25) is 0 Å². The van der Waals surface area contributed by atoms with Gasteiger partial charge in [-0.25, -0.2) is 0 Å². The first kappa shape index (κ1) is 15.8. The normalized spacial score (nSPS) is 17.0. The third-order valence-electron chi connectivity index (χ3n) is 3.85. The number of nitrogens with two attached hydrogens (primary N) is 1. The Kier molecular flexibility index (Phi) is 5.20. The predicted molar refractivity (Wildman–Crippen MR) is 84.5 cm³/mol. The molecule has 1 aromatic rings. The van der Waals surface area contributed by atoms with Crippen LogP contribution < -0.4 is 15.8 Å². The third-order valence-corrected chi connectivity index (χ3v) is 3.85. The molecule has 116 valence electrons. The van der Waals surface area contributed by atoms with Crippen LogP contribution in [0.3, 0.4) is 0 Å². The van der Waals surface area contributed by atoms with Gasteiger partial charge < -0.3 is 20.7 Å². The van der Waals surface area contributed by atoms with Crippen LogP contribution in [0.4, 0.5) is 5.69 Å². The zero-order chi connectivity index (χ0) is 15.3. The first-order valence-corrected chi connectivity index (χ1v) is 7.47. The number of nitrogens with zero attached hydrogens (tertiary/aromatic N) is 1. The Morgan fingerprint density at radius 2 is 2.10 bits per heavy atom. The Hall–Kier alpha value is -1.59. The molecule has 0 bridgehead atoms. The summed E-state index contributed by atoms with van der Waals surface area (Å²) in [5, 5.41) is 2.91. The minimum Gasteiger partial charge on any atom is -0.492 e. The zero-order valence-electron chi connectivity index (χ0n) is 12.9. The van der Waals surface area contributed by atoms with E-state index in [2.05, 4.69) is 10.2 Å². The average Bonchev–Trinajstić information content (AvgIpc) is 2.87. The highest BCUT2D eigenvalue weighted by atomic mass is 16.5. The number of hydrogen-bond donors (Lipinski definition) is 2. The van der Waals surface area contributed by atoms with Crippen molar-refractivity contribution in [2.75, 3.05) is 32.6 Å². The van der Waals surface area contributed by atoms with Gasteiger partial charge in [0.05, 0.1) is 5.54 Å². The third kappa shape index (κ3) is 4.44. The fourth-order valence-corrected chi connectivity index (χ4v) is 2.50. The molecule has 0 atom stereocenters. The number of carbonyl (C=O) groups excluding carboxylic acids is 1. The molecule has 0 saturated heterocycles. The quantitative estimate of drug-likeness (QED) is 0.839. The van der Waals surface area contributed by atoms with Gasteiger partial charge in [0.25, 0.3) is 0 Å². The molecule has 1 saturated carbocycles. The van der Waals surface area contributed by atoms with Gasteiger partial charge in [-0.15, -0.1) is 0 Å². The van der Waals surface area contributed by atoms with E-state index in [0.717, 1.165) is 43.7 Å². The van der Waals surface area contributed by atoms with Crippen molar-refractivity contribution in [1.82, 2.24) is 4.90 Å². The van der Waals surface area contributed by atoms with E-state index >= 15 is 0 Å². The number of carbonyl (C=O) groups is 1. The maximum absolute atomic E-state index is 12.3. The number of ether oxygens (including phenoxy) is 1. The molecule has 0 aromatic heterocycles. The summed E-state index contributed by atoms with van der Waals surface area (Å²) in [6.45, 7) is 1.47. The van der Waals surface area contributed by atoms with Gasteiger partial charge in [0.15, 0.2) is 0 Å². The molecule has 1 aromatic carbocycles. The van der Waals surface area contributed by atoms with Crippen LogP contribution in [-0.4, -0.2) is 43.6 Å². The van der Waals surface area contributed by atoms with Gasteiger partial charge in [-0.3, -0.25) is 4.79 Å². The van der Waals surface area contributed by atoms with Crippen molar-refractivity contribution in [2.45, 2.75) is 31.2 Å². The zero-order valence-corrected chi connectivity index (χ0v) is 12.9. The molecule has 0 unspecified atom stereocenters. The summed E-state index contributed by atoms with van der Waals surface area (Å²) in [6.07, 6.45) is 3.57. The molecule has 0 heterocycles. The van der Waals surface area contributed by atoms with Crippen LogP contribution in [0.25, 0.3) is 0 Å². The van der Waals surface area contributed by atoms with E-state index in [1.807, 2.05) is 38.4 Å². The van der Waals surface area contributed by atoms with E-state index in [4.69, 9.17) is 10.5 Å². The van der Waals surface area contributed by atoms with E-state index in [1.54, 1.807) is 0 Å². The van der Waals surface area contributed by atoms with Gasteiger partial charge in [0.1, 0.15) is 12.4 Å². The number of hydrogen-bond acceptors (Lipinski definition) is 4. The number of benzene rings is 1. The Labute approximate surface area is 126 Å². The lowest BCUT2D eigenvalue weighted by Gasteiger charge is -2.22. The van der Waals surface area contributed by atoms with Crippen LogP contribution in [0.15, 0.2) is 24.3 Å². The molecule has 0 aliphatic heterocycles. The van der Waals surface area contributed by atoms with Gasteiger partial charge in [0, 0.05) is 18.3 Å². The Bertz CT molecular complexity index is 482. The number of anilines is 1. The number of rotatable bonds is 6. The number of nitrogens with one attached hydrogen (secondary N) is 1. The van der Waals surface area contributed by atoms with Gasteiger partial charge in [-0.05, 0) is 39.1 Å². The Morgan fingerprint density at radius 3 is 2.76 bits per heavy atom. The number of likely N-dealkylation sites (N-methyl/N-ethyl adjacent to an activating group) is 1. The van der Waals surface area contributed by atoms with Gasteiger partial charge in [-0.1, -0.05) is 18.9 Å². The van der Waals surface area contributed by atoms with Crippen molar-refractivity contribution in [3.8, 4) is 5.75 Å². The lowest BCUT2D eigenvalue weighted by atomic mass is 9.98. The first-order valence-electron chi connectivity index (χ1n) is 7.47. The van der Waals surface area contributed by atoms with Crippen LogP contribution >= 0.6 is 0 Å². The highest BCUT2D eigenvalue weighted by Crippen LogP contribution is 2.28. The molecule has 1 fully saturated rings. The van der Waals surface area contributed by atoms with Crippen molar-refractivity contribution < 1.29 is 9.53 Å². The maximum atomic E-state index is 12.3. The van der Waals surface area contributed by atoms with Gasteiger partial charge in [0.2, 0.25) is 5.91 Å². The Balaban J connectivity index is 1.93. The Morgan fingerprint density at radius 1 is 1.38 bits per heavy atom. The van der Waals surface area contributed by atoms with E-state index in [0.29, 0.717) is 6.61 Å². The molecular formula is C16H25N3O2. The molecule has 2 rings (SSSR count). The van der Waals surface area contributed by atoms with E-state index in [1.165, 1.54) is 0 Å². The van der Waals surface area contributed by atoms with Crippen molar-refractivity contribution in [3.05, 3.63) is 24.3 Å². The fourth-order valence-electron chi connectivity index (χ4n) is 2.50. The molecular weight excluding hydrogens is 266 g/mol. The first-order chi connectivity index (χ1) is 9.99. The van der Waals surface area contributed by atoms with E-state index < -0.39 is 5.54 Å². The highest BCUT2D eigenvalue weighted by Gasteiger charge is 2.36. The summed E-state index contributed by atoms with van der Waals surface area (Å²) in [6, 6.07) is 7.46. The summed E-state index contributed by atoms with van der Waals surface area (Å²) in [4.78, 5) is 14.3. The van der Waals surface area contributed by atoms with Gasteiger partial charge in [-0.2, -0.15) is 0 Å². The van der Waals surface area contributed by atoms with Crippen LogP contribution in [0.5, 0.6) is 5.75 Å². The topological polar surface area (TPSA) is 67.6 Å². The second-order valence-electron chi connectivity index (χ2n) is 6.00. The minimum atomic E-state index is -0.707. The number of amides is 1. The van der Waals surface area contributed by atoms with E-state index in [-0.39, 0.29) is 5.91 Å². The molecule has 1 amide bonds. The average molecular weight is 291 g/mol. The lowest BCUT2D eigenvalue weighted by Crippen LogP contribution is -2.48. The largest absolute Gasteiger partial charge is 0.492 e. The summed E-state index contributed by atoms with van der Waals surface area (Å²) in [5.41, 5.74) is 6.18. The van der Waals surface area contributed by atoms with Crippen LogP contribution in [-0.2, 0) is 4.79 Å². The minimum absolute atomic E-state index is 0.0922. The molecule has 5 nitrogen and oxygen atoms in total. The summed E-state index contributed by atoms with van der Waals surface area (Å²) in [5.74, 6) is 0.664. The standard InChI is InChI=1S/C16H25N3O2/c1-19(2)10-11-21-14-7-5-6-13(12-14)18-15(20)16(17)8-3-4-9-16/h5-7,12H,3-4,8-11,17H2,1-2H3,(H,18,20). The lowest BCUT2D eigenvalue weighted by molar-refractivity contribution is -0.121. The monoisotopic (exact) mass is 291 g/mol. The highest BCUT2D eigenvalue weighted by molar-refractivity contribution is 5.98. The summed E-state index contributed by atoms with van der Waals surface area (Å²) < 4.78 is 5.67. The molecule has 3 N–H and O–H groups in total. The molecule has 1 aliphatic carbocycles. The fraction of sp³-hybridized carbons (Fsp3) is 0.562. The molecule has 0 spiro atoms. The van der Waals surface area contributed by atoms with Crippen LogP contribution in [0, 0.1) is 0 Å². The maximum Gasteiger partial charge on any atom is 0.244 e. The molecule has 21 heavy (non-hydrogen) atoms. The predicted octanol–water partition coefficient (Wildman–Crippen LogP) is 1.84. The summed E-state index contributed by atoms with van der Waals surface area (Å²) >= 11 is 0. The SMILES string of the molecule is CN(C)CCOc1cccc(NC(=O)C2(N)CCCC2)c1. The second-order valence-corrected chi connectivity index (χ2v) is 6.00. The summed E-state index contributed by atoms with van der Waals surface area (Å²) in [7, 11) is 4.00. The van der Waals surface area contributed by atoms with Gasteiger partial charge >= 0.3 is 0 Å². The van der Waals surface area contributed by atoms with Crippen molar-refractivity contribution >= 4 is 11.6 Å². The smallest absolute Gasteiger partial charge is 0.244 e. The van der Waals surface area contributed by atoms with Crippen LogP contribution in [0.1, 0.15) is 25.7 Å². The second kappa shape index (κ2) is 6.91. The van der Waals surface area contributed by atoms with E-state index in [9.17, 15) is 4.79 Å². The van der Waals surface area contributed by atoms with Crippen molar-refractivity contribution in [1.29, 1.82) is 0 Å².